The van der Waals surface area contributed by atoms with Crippen molar-refractivity contribution in [3.63, 3.8) is 0 Å². The molecule has 0 saturated heterocycles. The van der Waals surface area contributed by atoms with E-state index < -0.39 is 7.75 Å². The molecule has 1 rings (SSSR count). The Balaban J connectivity index is 3.03. The average Bonchev–Trinajstić information content (AvgIpc) is 2.52. The summed E-state index contributed by atoms with van der Waals surface area (Å²) in [7, 11) is -1.83. The lowest BCUT2D eigenvalue weighted by Gasteiger charge is -2.16. The Hall–Kier alpha value is -0.640. The van der Waals surface area contributed by atoms with E-state index in [1.807, 2.05) is 0 Å². The van der Waals surface area contributed by atoms with Crippen molar-refractivity contribution in [2.45, 2.75) is 13.8 Å². The fraction of sp³-hybridized carbons (Fsp3) is 0.571. The largest absolute Gasteiger partial charge is 0.440 e. The molecule has 1 atom stereocenters. The molecule has 0 aliphatic rings. The molecule has 6 heteroatoms. The summed E-state index contributed by atoms with van der Waals surface area (Å²) in [4.78, 5) is 3.94. The predicted octanol–water partition coefficient (Wildman–Crippen LogP) is 1.83. The highest BCUT2D eigenvalue weighted by molar-refractivity contribution is 7.52. The van der Waals surface area contributed by atoms with Gasteiger partial charge in [0, 0.05) is 19.5 Å². The summed E-state index contributed by atoms with van der Waals surface area (Å²) in [6.07, 6.45) is 3.13. The van der Waals surface area contributed by atoms with Crippen LogP contribution < -0.4 is 0 Å². The average molecular weight is 204 g/mol. The number of imidazole rings is 1. The van der Waals surface area contributed by atoms with Gasteiger partial charge in [-0.1, -0.05) is 0 Å². The van der Waals surface area contributed by atoms with Gasteiger partial charge in [0.2, 0.25) is 0 Å². The molecule has 0 aliphatic carbocycles. The lowest BCUT2D eigenvalue weighted by molar-refractivity contribution is 0.235. The van der Waals surface area contributed by atoms with Crippen molar-refractivity contribution in [3.05, 3.63) is 18.2 Å². The SMILES string of the molecule is CCOP(=O)(OC)n1ccnc1C. The normalized spacial score (nSPS) is 15.6. The Morgan fingerprint density at radius 2 is 2.38 bits per heavy atom. The molecule has 0 N–H and O–H groups in total. The van der Waals surface area contributed by atoms with Crippen molar-refractivity contribution in [1.29, 1.82) is 0 Å². The molecule has 1 heterocycles. The van der Waals surface area contributed by atoms with Crippen molar-refractivity contribution in [2.24, 2.45) is 0 Å². The number of rotatable bonds is 4. The van der Waals surface area contributed by atoms with Crippen molar-refractivity contribution in [1.82, 2.24) is 9.32 Å². The topological polar surface area (TPSA) is 53.4 Å². The first-order valence-corrected chi connectivity index (χ1v) is 5.44. The van der Waals surface area contributed by atoms with Crippen LogP contribution in [0.3, 0.4) is 0 Å². The van der Waals surface area contributed by atoms with E-state index in [-0.39, 0.29) is 0 Å². The van der Waals surface area contributed by atoms with Gasteiger partial charge in [0.1, 0.15) is 5.82 Å². The molecular weight excluding hydrogens is 191 g/mol. The van der Waals surface area contributed by atoms with Gasteiger partial charge in [-0.2, -0.15) is 0 Å². The fourth-order valence-electron chi connectivity index (χ4n) is 0.996. The lowest BCUT2D eigenvalue weighted by Crippen LogP contribution is -2.03. The van der Waals surface area contributed by atoms with E-state index >= 15 is 0 Å². The van der Waals surface area contributed by atoms with E-state index in [4.69, 9.17) is 9.05 Å². The Kier molecular flexibility index (Phi) is 3.25. The molecule has 5 nitrogen and oxygen atoms in total. The van der Waals surface area contributed by atoms with Crippen LogP contribution in [-0.4, -0.2) is 23.0 Å². The molecule has 0 aromatic carbocycles. The minimum atomic E-state index is -3.19. The zero-order chi connectivity index (χ0) is 9.90. The van der Waals surface area contributed by atoms with Crippen molar-refractivity contribution >= 4 is 7.75 Å². The maximum absolute atomic E-state index is 11.9. The molecule has 1 aromatic rings. The third-order valence-corrected chi connectivity index (χ3v) is 3.58. The summed E-state index contributed by atoms with van der Waals surface area (Å²) < 4.78 is 23.3. The monoisotopic (exact) mass is 204 g/mol. The van der Waals surface area contributed by atoms with Crippen molar-refractivity contribution in [3.8, 4) is 0 Å². The second-order valence-corrected chi connectivity index (χ2v) is 4.38. The van der Waals surface area contributed by atoms with Crippen LogP contribution in [0.2, 0.25) is 0 Å². The van der Waals surface area contributed by atoms with Gasteiger partial charge >= 0.3 is 7.75 Å². The second kappa shape index (κ2) is 4.05. The molecule has 0 amide bonds. The number of nitrogens with zero attached hydrogens (tertiary/aromatic N) is 2. The van der Waals surface area contributed by atoms with Crippen LogP contribution in [0, 0.1) is 6.92 Å². The maximum Gasteiger partial charge on any atom is 0.440 e. The lowest BCUT2D eigenvalue weighted by atomic mass is 10.8. The van der Waals surface area contributed by atoms with Crippen LogP contribution >= 0.6 is 7.75 Å². The van der Waals surface area contributed by atoms with Crippen molar-refractivity contribution in [2.75, 3.05) is 13.7 Å². The van der Waals surface area contributed by atoms with E-state index in [1.54, 1.807) is 26.2 Å². The highest BCUT2D eigenvalue weighted by Gasteiger charge is 2.26. The second-order valence-electron chi connectivity index (χ2n) is 2.39. The Morgan fingerprint density at radius 1 is 1.69 bits per heavy atom. The molecule has 0 spiro atoms. The van der Waals surface area contributed by atoms with Gasteiger partial charge in [0.25, 0.3) is 0 Å². The van der Waals surface area contributed by atoms with Crippen LogP contribution in [0.5, 0.6) is 0 Å². The molecule has 1 unspecified atom stereocenters. The van der Waals surface area contributed by atoms with Crippen LogP contribution in [-0.2, 0) is 13.6 Å². The molecular formula is C7H13N2O3P. The highest BCUT2D eigenvalue weighted by atomic mass is 31.2. The van der Waals surface area contributed by atoms with Crippen LogP contribution in [0.4, 0.5) is 0 Å². The molecule has 0 bridgehead atoms. The van der Waals surface area contributed by atoms with Gasteiger partial charge in [-0.3, -0.25) is 9.05 Å². The van der Waals surface area contributed by atoms with E-state index in [0.717, 1.165) is 0 Å². The molecule has 74 valence electrons. The zero-order valence-electron chi connectivity index (χ0n) is 7.93. The standard InChI is InChI=1S/C7H13N2O3P/c1-4-12-13(10,11-3)9-6-5-8-7(9)2/h5-6H,4H2,1-3H3. The van der Waals surface area contributed by atoms with Gasteiger partial charge < -0.3 is 0 Å². The summed E-state index contributed by atoms with van der Waals surface area (Å²) in [5, 5.41) is 0. The Bertz CT molecular complexity index is 323. The van der Waals surface area contributed by atoms with E-state index in [9.17, 15) is 4.57 Å². The van der Waals surface area contributed by atoms with Gasteiger partial charge in [-0.15, -0.1) is 0 Å². The quantitative estimate of drug-likeness (QED) is 0.702. The molecule has 1 aromatic heterocycles. The minimum absolute atomic E-state index is 0.336. The summed E-state index contributed by atoms with van der Waals surface area (Å²) >= 11 is 0. The smallest absolute Gasteiger partial charge is 0.295 e. The highest BCUT2D eigenvalue weighted by Crippen LogP contribution is 2.49. The summed E-state index contributed by atoms with van der Waals surface area (Å²) in [5.74, 6) is 0.610. The molecule has 13 heavy (non-hydrogen) atoms. The number of aromatic nitrogens is 2. The molecule has 0 aliphatic heterocycles. The summed E-state index contributed by atoms with van der Waals surface area (Å²) in [6, 6.07) is 0. The molecule has 0 fully saturated rings. The Morgan fingerprint density at radius 3 is 2.77 bits per heavy atom. The summed E-state index contributed by atoms with van der Waals surface area (Å²) in [6.45, 7) is 3.84. The predicted molar refractivity (Wildman–Crippen MR) is 48.6 cm³/mol. The molecule has 0 radical (unpaired) electrons. The maximum atomic E-state index is 11.9. The molecule has 0 saturated carbocycles. The van der Waals surface area contributed by atoms with Crippen molar-refractivity contribution < 1.29 is 13.6 Å². The van der Waals surface area contributed by atoms with Crippen LogP contribution in [0.15, 0.2) is 12.4 Å². The van der Waals surface area contributed by atoms with Gasteiger partial charge in [-0.05, 0) is 13.8 Å². The first-order valence-electron chi connectivity index (χ1n) is 3.95. The Labute approximate surface area is 77.3 Å². The number of hydrogen-bond donors (Lipinski definition) is 0. The third-order valence-electron chi connectivity index (χ3n) is 1.59. The van der Waals surface area contributed by atoms with E-state index in [0.29, 0.717) is 12.4 Å². The van der Waals surface area contributed by atoms with Crippen LogP contribution in [0.1, 0.15) is 12.7 Å². The number of aryl methyl sites for hydroxylation is 1. The van der Waals surface area contributed by atoms with Gasteiger partial charge in [-0.25, -0.2) is 13.9 Å². The van der Waals surface area contributed by atoms with Crippen LogP contribution in [0.25, 0.3) is 0 Å². The minimum Gasteiger partial charge on any atom is -0.295 e. The summed E-state index contributed by atoms with van der Waals surface area (Å²) in [5.41, 5.74) is 0. The van der Waals surface area contributed by atoms with Gasteiger partial charge in [0.05, 0.1) is 6.61 Å². The van der Waals surface area contributed by atoms with E-state index in [1.165, 1.54) is 11.4 Å². The zero-order valence-corrected chi connectivity index (χ0v) is 8.82. The van der Waals surface area contributed by atoms with Gasteiger partial charge in [0.15, 0.2) is 0 Å². The first-order chi connectivity index (χ1) is 6.14. The van der Waals surface area contributed by atoms with E-state index in [2.05, 4.69) is 4.98 Å². The fourth-order valence-corrected chi connectivity index (χ4v) is 2.36. The third kappa shape index (κ3) is 1.99. The number of hydrogen-bond acceptors (Lipinski definition) is 4. The first kappa shape index (κ1) is 10.4.